The van der Waals surface area contributed by atoms with Crippen molar-refractivity contribution in [2.24, 2.45) is 7.05 Å². The Bertz CT molecular complexity index is 1100. The van der Waals surface area contributed by atoms with Gasteiger partial charge >= 0.3 is 0 Å². The number of rotatable bonds is 6. The maximum atomic E-state index is 12.6. The fourth-order valence-corrected chi connectivity index (χ4v) is 4.72. The normalized spacial score (nSPS) is 12.0. The van der Waals surface area contributed by atoms with E-state index in [9.17, 15) is 16.8 Å². The lowest BCUT2D eigenvalue weighted by Crippen LogP contribution is -2.16. The second-order valence-corrected chi connectivity index (χ2v) is 9.95. The van der Waals surface area contributed by atoms with E-state index in [0.717, 1.165) is 11.1 Å². The van der Waals surface area contributed by atoms with Crippen LogP contribution < -0.4 is 9.44 Å². The highest BCUT2D eigenvalue weighted by Gasteiger charge is 2.21. The lowest BCUT2D eigenvalue weighted by molar-refractivity contribution is 0.599. The summed E-state index contributed by atoms with van der Waals surface area (Å²) < 4.78 is 57.1. The molecule has 0 radical (unpaired) electrons. The minimum atomic E-state index is -3.86. The van der Waals surface area contributed by atoms with Crippen molar-refractivity contribution in [2.45, 2.75) is 23.6 Å². The Morgan fingerprint density at radius 1 is 0.643 bits per heavy atom. The van der Waals surface area contributed by atoms with Gasteiger partial charge in [-0.15, -0.1) is 0 Å². The first-order valence-corrected chi connectivity index (χ1v) is 11.4. The second-order valence-electron chi connectivity index (χ2n) is 6.59. The smallest absolute Gasteiger partial charge is 0.262 e. The quantitative estimate of drug-likeness (QED) is 0.641. The highest BCUT2D eigenvalue weighted by molar-refractivity contribution is 7.93. The van der Waals surface area contributed by atoms with E-state index < -0.39 is 20.0 Å². The number of nitrogens with zero attached hydrogens (tertiary/aromatic N) is 1. The summed E-state index contributed by atoms with van der Waals surface area (Å²) in [4.78, 5) is 0.184. The molecule has 0 aliphatic carbocycles. The Morgan fingerprint density at radius 2 is 0.964 bits per heavy atom. The zero-order valence-electron chi connectivity index (χ0n) is 15.7. The molecule has 0 unspecified atom stereocenters. The zero-order valence-corrected chi connectivity index (χ0v) is 17.3. The maximum absolute atomic E-state index is 12.6. The van der Waals surface area contributed by atoms with Crippen molar-refractivity contribution in [3.8, 4) is 0 Å². The molecule has 9 heteroatoms. The van der Waals surface area contributed by atoms with Crippen LogP contribution in [0.3, 0.4) is 0 Å². The number of aryl methyl sites for hydroxylation is 3. The zero-order chi connectivity index (χ0) is 20.5. The maximum Gasteiger partial charge on any atom is 0.262 e. The third kappa shape index (κ3) is 4.37. The predicted octanol–water partition coefficient (Wildman–Crippen LogP) is 3.24. The minimum absolute atomic E-state index is 0.0919. The molecule has 1 aromatic heterocycles. The van der Waals surface area contributed by atoms with Crippen LogP contribution in [-0.4, -0.2) is 21.4 Å². The van der Waals surface area contributed by atoms with Gasteiger partial charge in [-0.2, -0.15) is 0 Å². The van der Waals surface area contributed by atoms with Crippen LogP contribution >= 0.6 is 0 Å². The number of nitrogens with one attached hydrogen (secondary N) is 2. The van der Waals surface area contributed by atoms with E-state index in [4.69, 9.17) is 0 Å². The Kier molecular flexibility index (Phi) is 5.22. The molecule has 0 saturated heterocycles. The van der Waals surface area contributed by atoms with Crippen molar-refractivity contribution in [2.75, 3.05) is 9.44 Å². The molecule has 28 heavy (non-hydrogen) atoms. The molecule has 0 saturated carbocycles. The summed E-state index contributed by atoms with van der Waals surface area (Å²) in [5.74, 6) is 0. The molecule has 0 bridgehead atoms. The highest BCUT2D eigenvalue weighted by Crippen LogP contribution is 2.28. The average Bonchev–Trinajstić information content (AvgIpc) is 2.93. The molecular formula is C19H21N3O4S2. The van der Waals surface area contributed by atoms with E-state index in [2.05, 4.69) is 9.44 Å². The number of sulfonamides is 2. The van der Waals surface area contributed by atoms with Gasteiger partial charge in [-0.1, -0.05) is 35.4 Å². The van der Waals surface area contributed by atoms with Crippen LogP contribution in [-0.2, 0) is 27.1 Å². The van der Waals surface area contributed by atoms with E-state index in [1.54, 1.807) is 35.9 Å². The lowest BCUT2D eigenvalue weighted by Gasteiger charge is -2.11. The first-order valence-electron chi connectivity index (χ1n) is 8.42. The first-order chi connectivity index (χ1) is 13.1. The minimum Gasteiger partial charge on any atom is -0.353 e. The topological polar surface area (TPSA) is 97.3 Å². The summed E-state index contributed by atoms with van der Waals surface area (Å²) in [5.41, 5.74) is 2.15. The van der Waals surface area contributed by atoms with E-state index in [-0.39, 0.29) is 21.2 Å². The molecule has 0 aliphatic heterocycles. The van der Waals surface area contributed by atoms with Crippen LogP contribution in [0.2, 0.25) is 0 Å². The van der Waals surface area contributed by atoms with Gasteiger partial charge in [0.05, 0.1) is 21.2 Å². The van der Waals surface area contributed by atoms with Gasteiger partial charge in [-0.25, -0.2) is 16.8 Å². The van der Waals surface area contributed by atoms with Crippen LogP contribution in [0.1, 0.15) is 11.1 Å². The molecule has 3 aromatic rings. The van der Waals surface area contributed by atoms with Crippen molar-refractivity contribution < 1.29 is 16.8 Å². The van der Waals surface area contributed by atoms with Crippen LogP contribution in [0.25, 0.3) is 0 Å². The number of benzene rings is 2. The Labute approximate surface area is 165 Å². The number of hydrogen-bond acceptors (Lipinski definition) is 4. The summed E-state index contributed by atoms with van der Waals surface area (Å²) in [5, 5.41) is 0. The third-order valence-corrected chi connectivity index (χ3v) is 6.87. The van der Waals surface area contributed by atoms with Crippen LogP contribution in [0.5, 0.6) is 0 Å². The third-order valence-electron chi connectivity index (χ3n) is 4.11. The highest BCUT2D eigenvalue weighted by atomic mass is 32.2. The van der Waals surface area contributed by atoms with E-state index in [0.29, 0.717) is 0 Å². The van der Waals surface area contributed by atoms with Crippen molar-refractivity contribution in [1.82, 2.24) is 4.57 Å². The van der Waals surface area contributed by atoms with E-state index in [1.807, 2.05) is 13.8 Å². The van der Waals surface area contributed by atoms with Crippen LogP contribution in [0.4, 0.5) is 11.4 Å². The molecule has 2 aromatic carbocycles. The first kappa shape index (κ1) is 20.0. The molecule has 0 spiro atoms. The average molecular weight is 420 g/mol. The molecular weight excluding hydrogens is 398 g/mol. The molecule has 3 rings (SSSR count). The van der Waals surface area contributed by atoms with Gasteiger partial charge in [0.1, 0.15) is 0 Å². The van der Waals surface area contributed by atoms with Crippen molar-refractivity contribution in [1.29, 1.82) is 0 Å². The fraction of sp³-hybridized carbons (Fsp3) is 0.158. The fourth-order valence-electron chi connectivity index (χ4n) is 2.59. The summed E-state index contributed by atoms with van der Waals surface area (Å²) in [7, 11) is -6.05. The Morgan fingerprint density at radius 3 is 1.29 bits per heavy atom. The number of aromatic nitrogens is 1. The van der Waals surface area contributed by atoms with Gasteiger partial charge in [0.2, 0.25) is 0 Å². The Balaban J connectivity index is 1.91. The molecule has 0 amide bonds. The molecule has 2 N–H and O–H groups in total. The summed E-state index contributed by atoms with van der Waals surface area (Å²) >= 11 is 0. The lowest BCUT2D eigenvalue weighted by atomic mass is 10.2. The second kappa shape index (κ2) is 7.33. The van der Waals surface area contributed by atoms with E-state index in [1.165, 1.54) is 36.7 Å². The van der Waals surface area contributed by atoms with Gasteiger partial charge in [0.15, 0.2) is 0 Å². The predicted molar refractivity (Wildman–Crippen MR) is 109 cm³/mol. The van der Waals surface area contributed by atoms with Crippen LogP contribution in [0.15, 0.2) is 70.7 Å². The summed E-state index contributed by atoms with van der Waals surface area (Å²) in [6, 6.07) is 12.8. The van der Waals surface area contributed by atoms with Gasteiger partial charge in [-0.3, -0.25) is 9.44 Å². The van der Waals surface area contributed by atoms with Crippen LogP contribution in [0, 0.1) is 13.8 Å². The van der Waals surface area contributed by atoms with E-state index >= 15 is 0 Å². The Hall–Kier alpha value is -2.78. The van der Waals surface area contributed by atoms with Gasteiger partial charge < -0.3 is 4.57 Å². The molecule has 0 atom stereocenters. The molecule has 0 fully saturated rings. The number of anilines is 2. The van der Waals surface area contributed by atoms with Gasteiger partial charge in [0.25, 0.3) is 20.0 Å². The molecule has 0 aliphatic rings. The molecule has 7 nitrogen and oxygen atoms in total. The van der Waals surface area contributed by atoms with Crippen molar-refractivity contribution >= 4 is 31.4 Å². The number of hydrogen-bond donors (Lipinski definition) is 2. The molecule has 1 heterocycles. The summed E-state index contributed by atoms with van der Waals surface area (Å²) in [6.07, 6.45) is 3.00. The SMILES string of the molecule is Cc1ccc(S(=O)(=O)Nc2cn(C)cc2NS(=O)(=O)c2ccc(C)cc2)cc1. The van der Waals surface area contributed by atoms with Gasteiger partial charge in [-0.05, 0) is 38.1 Å². The molecule has 148 valence electrons. The van der Waals surface area contributed by atoms with Crippen molar-refractivity contribution in [3.05, 3.63) is 72.1 Å². The monoisotopic (exact) mass is 419 g/mol. The van der Waals surface area contributed by atoms with Gasteiger partial charge in [0, 0.05) is 19.4 Å². The standard InChI is InChI=1S/C19H21N3O4S2/c1-14-4-8-16(9-5-14)27(23,24)20-18-12-22(3)13-19(18)21-28(25,26)17-10-6-15(2)7-11-17/h4-13,20-21H,1-3H3. The van der Waals surface area contributed by atoms with Crippen molar-refractivity contribution in [3.63, 3.8) is 0 Å². The summed E-state index contributed by atoms with van der Waals surface area (Å²) in [6.45, 7) is 3.72. The largest absolute Gasteiger partial charge is 0.353 e.